The minimum absolute atomic E-state index is 0. The zero-order valence-corrected chi connectivity index (χ0v) is 15.9. The summed E-state index contributed by atoms with van der Waals surface area (Å²) in [7, 11) is 0. The minimum atomic E-state index is -1.91. The molecule has 2 aliphatic rings. The van der Waals surface area contributed by atoms with E-state index in [1.54, 1.807) is 6.08 Å². The summed E-state index contributed by atoms with van der Waals surface area (Å²) in [4.78, 5) is 10.5. The summed E-state index contributed by atoms with van der Waals surface area (Å²) >= 11 is 0. The second-order valence-electron chi connectivity index (χ2n) is 7.82. The van der Waals surface area contributed by atoms with Crippen LogP contribution in [-0.2, 0) is 9.53 Å². The molecule has 0 bridgehead atoms. The molecule has 0 aromatic carbocycles. The Labute approximate surface area is 187 Å². The third-order valence-corrected chi connectivity index (χ3v) is 5.79. The quantitative estimate of drug-likeness (QED) is 0.259. The number of aliphatic carboxylic acids is 1. The van der Waals surface area contributed by atoms with Crippen LogP contribution in [0.2, 0.25) is 0 Å². The van der Waals surface area contributed by atoms with Gasteiger partial charge in [0.05, 0.1) is 12.2 Å². The summed E-state index contributed by atoms with van der Waals surface area (Å²) in [5, 5.41) is 28.8. The maximum absolute atomic E-state index is 15.1. The van der Waals surface area contributed by atoms with E-state index in [4.69, 9.17) is 9.84 Å². The number of ether oxygens (including phenoxy) is 1. The number of carboxylic acid groups (broad SMARTS) is 1. The Balaban J connectivity index is 0.00000392. The molecule has 8 heteroatoms. The van der Waals surface area contributed by atoms with Gasteiger partial charge in [0.15, 0.2) is 5.76 Å². The van der Waals surface area contributed by atoms with Crippen molar-refractivity contribution in [1.29, 1.82) is 0 Å². The van der Waals surface area contributed by atoms with Crippen molar-refractivity contribution in [3.05, 3.63) is 11.8 Å². The molecule has 0 radical (unpaired) electrons. The van der Waals surface area contributed by atoms with Crippen molar-refractivity contribution >= 4 is 35.5 Å². The van der Waals surface area contributed by atoms with Gasteiger partial charge in [-0.15, -0.1) is 0 Å². The van der Waals surface area contributed by atoms with Crippen LogP contribution in [0.3, 0.4) is 0 Å². The average molecular weight is 414 g/mol. The van der Waals surface area contributed by atoms with Crippen LogP contribution in [0.4, 0.5) is 8.78 Å². The van der Waals surface area contributed by atoms with E-state index in [1.807, 2.05) is 6.92 Å². The number of halogens is 2. The fourth-order valence-electron chi connectivity index (χ4n) is 4.10. The van der Waals surface area contributed by atoms with E-state index in [-0.39, 0.29) is 54.1 Å². The molecule has 28 heavy (non-hydrogen) atoms. The summed E-state index contributed by atoms with van der Waals surface area (Å²) in [6.45, 7) is 1.96. The van der Waals surface area contributed by atoms with Crippen LogP contribution < -0.4 is 0 Å². The van der Waals surface area contributed by atoms with Crippen molar-refractivity contribution in [2.75, 3.05) is 0 Å². The van der Waals surface area contributed by atoms with Gasteiger partial charge in [-0.25, -0.2) is 4.39 Å². The fourth-order valence-corrected chi connectivity index (χ4v) is 4.10. The van der Waals surface area contributed by atoms with Crippen LogP contribution in [0, 0.1) is 11.8 Å². The number of carboxylic acids is 1. The summed E-state index contributed by atoms with van der Waals surface area (Å²) < 4.78 is 34.2. The molecule has 1 saturated heterocycles. The molecule has 2 fully saturated rings. The van der Waals surface area contributed by atoms with E-state index in [0.29, 0.717) is 44.9 Å². The Kier molecular flexibility index (Phi) is 10.9. The molecular formula is C20H33F2NaO5. The van der Waals surface area contributed by atoms with Gasteiger partial charge in [-0.3, -0.25) is 4.79 Å². The van der Waals surface area contributed by atoms with Crippen molar-refractivity contribution in [3.8, 4) is 0 Å². The van der Waals surface area contributed by atoms with Crippen molar-refractivity contribution in [1.82, 2.24) is 0 Å². The third kappa shape index (κ3) is 6.94. The van der Waals surface area contributed by atoms with Crippen LogP contribution in [0.25, 0.3) is 0 Å². The first-order valence-electron chi connectivity index (χ1n) is 10.1. The molecule has 1 aliphatic heterocycles. The topological polar surface area (TPSA) is 90.3 Å². The second kappa shape index (κ2) is 11.8. The molecule has 6 atom stereocenters. The molecule has 1 aliphatic carbocycles. The first-order chi connectivity index (χ1) is 12.8. The molecular weight excluding hydrogens is 381 g/mol. The molecule has 1 saturated carbocycles. The normalized spacial score (nSPS) is 32.5. The van der Waals surface area contributed by atoms with Crippen molar-refractivity contribution < 1.29 is 33.6 Å². The predicted molar refractivity (Wildman–Crippen MR) is 104 cm³/mol. The Bertz CT molecular complexity index is 533. The van der Waals surface area contributed by atoms with E-state index in [1.165, 1.54) is 0 Å². The zero-order valence-electron chi connectivity index (χ0n) is 15.9. The van der Waals surface area contributed by atoms with Gasteiger partial charge in [0.2, 0.25) is 0 Å². The Morgan fingerprint density at radius 3 is 2.71 bits per heavy atom. The first kappa shape index (κ1) is 25.8. The van der Waals surface area contributed by atoms with Crippen molar-refractivity contribution in [2.24, 2.45) is 11.8 Å². The molecule has 0 aromatic heterocycles. The number of carbonyl (C=O) groups is 1. The van der Waals surface area contributed by atoms with Gasteiger partial charge in [0.1, 0.15) is 6.17 Å². The molecule has 0 amide bonds. The van der Waals surface area contributed by atoms with Crippen molar-refractivity contribution in [2.45, 2.75) is 95.4 Å². The second-order valence-corrected chi connectivity index (χ2v) is 7.82. The third-order valence-electron chi connectivity index (χ3n) is 5.79. The van der Waals surface area contributed by atoms with Gasteiger partial charge in [-0.2, -0.15) is 4.39 Å². The van der Waals surface area contributed by atoms with Gasteiger partial charge in [-0.1, -0.05) is 19.8 Å². The van der Waals surface area contributed by atoms with Crippen LogP contribution in [0.5, 0.6) is 0 Å². The fraction of sp³-hybridized carbons (Fsp3) is 0.850. The number of hydrogen-bond acceptors (Lipinski definition) is 4. The summed E-state index contributed by atoms with van der Waals surface area (Å²) in [5.41, 5.74) is 0. The average Bonchev–Trinajstić information content (AvgIpc) is 3.13. The number of aliphatic hydroxyl groups excluding tert-OH is 2. The summed E-state index contributed by atoms with van der Waals surface area (Å²) in [5.74, 6) is -3.48. The van der Waals surface area contributed by atoms with Crippen LogP contribution in [0.15, 0.2) is 11.8 Å². The van der Waals surface area contributed by atoms with Gasteiger partial charge in [-0.05, 0) is 56.9 Å². The Hall–Kier alpha value is -0.210. The van der Waals surface area contributed by atoms with Gasteiger partial charge in [0.25, 0.3) is 0 Å². The van der Waals surface area contributed by atoms with E-state index < -0.39 is 36.1 Å². The van der Waals surface area contributed by atoms with Gasteiger partial charge >= 0.3 is 41.4 Å². The molecule has 1 heterocycles. The van der Waals surface area contributed by atoms with Gasteiger partial charge < -0.3 is 20.1 Å². The Morgan fingerprint density at radius 1 is 1.36 bits per heavy atom. The number of unbranched alkanes of at least 4 members (excludes halogenated alkanes) is 2. The van der Waals surface area contributed by atoms with Crippen LogP contribution >= 0.6 is 0 Å². The van der Waals surface area contributed by atoms with E-state index in [2.05, 4.69) is 0 Å². The standard InChI is InChI=1S/C20H32F2O5.Na.H/c1-2-3-6-15(21)17(24)11-9-13-14(10-12-16(13)23)20(22)18(27-20)7-4-5-8-19(25)26;;/h7,13-17,23-24H,2-6,8-12H2,1H3,(H,25,26);;/b18-7+;;/t13-,14+,15+,16-,17-,20?;;/m1../s1. The van der Waals surface area contributed by atoms with Crippen molar-refractivity contribution in [3.63, 3.8) is 0 Å². The summed E-state index contributed by atoms with van der Waals surface area (Å²) in [6, 6.07) is 0. The molecule has 158 valence electrons. The number of allylic oxidation sites excluding steroid dienone is 1. The van der Waals surface area contributed by atoms with E-state index in [0.717, 1.165) is 6.42 Å². The molecule has 5 nitrogen and oxygen atoms in total. The SMILES string of the molecule is CCCC[C@H](F)[C@H](O)CC[C@H]1[C@H](O)CC[C@@H]1C1(F)O/C1=C/CCCC(=O)O.[NaH]. The van der Waals surface area contributed by atoms with E-state index >= 15 is 4.39 Å². The number of hydrogen-bond donors (Lipinski definition) is 3. The molecule has 3 N–H and O–H groups in total. The molecule has 2 rings (SSSR count). The molecule has 1 unspecified atom stereocenters. The maximum atomic E-state index is 15.1. The first-order valence-corrected chi connectivity index (χ1v) is 10.1. The molecule has 0 spiro atoms. The zero-order chi connectivity index (χ0) is 20.0. The van der Waals surface area contributed by atoms with Gasteiger partial charge in [0, 0.05) is 12.3 Å². The number of epoxide rings is 1. The molecule has 0 aromatic rings. The number of rotatable bonds is 12. The van der Waals surface area contributed by atoms with E-state index in [9.17, 15) is 19.4 Å². The van der Waals surface area contributed by atoms with Crippen LogP contribution in [0.1, 0.15) is 71.1 Å². The van der Waals surface area contributed by atoms with Crippen LogP contribution in [-0.4, -0.2) is 75.1 Å². The predicted octanol–water partition coefficient (Wildman–Crippen LogP) is 3.23. The summed E-state index contributed by atoms with van der Waals surface area (Å²) in [6.07, 6.45) is 2.74. The number of aliphatic hydroxyl groups is 2. The number of alkyl halides is 2. The Morgan fingerprint density at radius 2 is 2.07 bits per heavy atom. The monoisotopic (exact) mass is 414 g/mol.